The molecule has 2 aliphatic rings. The van der Waals surface area contributed by atoms with Gasteiger partial charge in [-0.25, -0.2) is 0 Å². The number of rotatable bonds is 3. The van der Waals surface area contributed by atoms with Crippen molar-refractivity contribution in [1.82, 2.24) is 15.6 Å². The topological polar surface area (TPSA) is 49.3 Å². The van der Waals surface area contributed by atoms with Crippen molar-refractivity contribution in [2.45, 2.75) is 51.1 Å². The van der Waals surface area contributed by atoms with E-state index in [1.807, 2.05) is 7.05 Å². The predicted octanol–water partition coefficient (Wildman–Crippen LogP) is 1.79. The minimum absolute atomic E-state index is 0.627. The number of aliphatic imine (C=N–C) groups is 1. The van der Waals surface area contributed by atoms with Gasteiger partial charge in [0, 0.05) is 18.8 Å². The van der Waals surface area contributed by atoms with Crippen molar-refractivity contribution in [2.24, 2.45) is 4.99 Å². The van der Waals surface area contributed by atoms with Crippen LogP contribution in [-0.2, 0) is 19.4 Å². The smallest absolute Gasteiger partial charge is 0.191 e. The molecule has 102 valence electrons. The number of nitrogens with zero attached hydrogens (tertiary/aromatic N) is 2. The van der Waals surface area contributed by atoms with Gasteiger partial charge in [0.1, 0.15) is 0 Å². The average molecular weight is 258 g/mol. The molecule has 2 aliphatic carbocycles. The Hall–Kier alpha value is -1.58. The van der Waals surface area contributed by atoms with E-state index in [0.717, 1.165) is 24.6 Å². The zero-order valence-electron chi connectivity index (χ0n) is 11.6. The van der Waals surface area contributed by atoms with E-state index in [-0.39, 0.29) is 0 Å². The van der Waals surface area contributed by atoms with Crippen LogP contribution in [0.2, 0.25) is 0 Å². The maximum absolute atomic E-state index is 4.77. The van der Waals surface area contributed by atoms with E-state index in [1.165, 1.54) is 43.4 Å². The van der Waals surface area contributed by atoms with Crippen molar-refractivity contribution in [3.63, 3.8) is 0 Å². The summed E-state index contributed by atoms with van der Waals surface area (Å²) in [6, 6.07) is 5.01. The molecular weight excluding hydrogens is 236 g/mol. The molecular formula is C15H22N4. The molecule has 4 nitrogen and oxygen atoms in total. The molecule has 2 N–H and O–H groups in total. The van der Waals surface area contributed by atoms with Gasteiger partial charge in [-0.3, -0.25) is 9.98 Å². The first kappa shape index (κ1) is 12.5. The average Bonchev–Trinajstić information content (AvgIpc) is 3.27. The molecule has 1 fully saturated rings. The number of aromatic nitrogens is 1. The third-order valence-electron chi connectivity index (χ3n) is 3.81. The number of hydrogen-bond donors (Lipinski definition) is 2. The van der Waals surface area contributed by atoms with Crippen LogP contribution in [0.3, 0.4) is 0 Å². The van der Waals surface area contributed by atoms with Gasteiger partial charge in [0.05, 0.1) is 12.2 Å². The lowest BCUT2D eigenvalue weighted by molar-refractivity contribution is 0.660. The minimum atomic E-state index is 0.627. The third kappa shape index (κ3) is 3.25. The summed E-state index contributed by atoms with van der Waals surface area (Å²) in [6.45, 7) is 0.750. The van der Waals surface area contributed by atoms with Gasteiger partial charge in [-0.2, -0.15) is 0 Å². The molecule has 3 rings (SSSR count). The first-order valence-corrected chi connectivity index (χ1v) is 7.30. The number of aryl methyl sites for hydroxylation is 2. The molecule has 0 aliphatic heterocycles. The second-order valence-corrected chi connectivity index (χ2v) is 5.46. The Morgan fingerprint density at radius 2 is 2.16 bits per heavy atom. The number of fused-ring (bicyclic) bond motifs is 1. The van der Waals surface area contributed by atoms with Crippen LogP contribution in [0.5, 0.6) is 0 Å². The van der Waals surface area contributed by atoms with Crippen molar-refractivity contribution in [1.29, 1.82) is 0 Å². The molecule has 0 unspecified atom stereocenters. The lowest BCUT2D eigenvalue weighted by Crippen LogP contribution is -2.38. The fourth-order valence-electron chi connectivity index (χ4n) is 2.52. The largest absolute Gasteiger partial charge is 0.354 e. The predicted molar refractivity (Wildman–Crippen MR) is 77.2 cm³/mol. The second kappa shape index (κ2) is 5.59. The number of hydrogen-bond acceptors (Lipinski definition) is 2. The Balaban J connectivity index is 1.59. The van der Waals surface area contributed by atoms with E-state index in [2.05, 4.69) is 27.8 Å². The highest BCUT2D eigenvalue weighted by Crippen LogP contribution is 2.20. The van der Waals surface area contributed by atoms with Crippen LogP contribution >= 0.6 is 0 Å². The highest BCUT2D eigenvalue weighted by molar-refractivity contribution is 5.80. The minimum Gasteiger partial charge on any atom is -0.354 e. The van der Waals surface area contributed by atoms with E-state index in [0.29, 0.717) is 6.04 Å². The number of guanidine groups is 1. The van der Waals surface area contributed by atoms with Gasteiger partial charge in [-0.05, 0) is 50.2 Å². The van der Waals surface area contributed by atoms with Gasteiger partial charge in [0.2, 0.25) is 0 Å². The molecule has 0 spiro atoms. The lowest BCUT2D eigenvalue weighted by Gasteiger charge is -2.16. The van der Waals surface area contributed by atoms with E-state index in [1.54, 1.807) is 0 Å². The first-order valence-electron chi connectivity index (χ1n) is 7.30. The van der Waals surface area contributed by atoms with Gasteiger partial charge in [0.25, 0.3) is 0 Å². The Morgan fingerprint density at radius 1 is 1.32 bits per heavy atom. The summed E-state index contributed by atoms with van der Waals surface area (Å²) in [6.07, 6.45) is 7.45. The van der Waals surface area contributed by atoms with Crippen LogP contribution in [0.15, 0.2) is 17.1 Å². The molecule has 1 saturated carbocycles. The molecule has 1 aromatic heterocycles. The van der Waals surface area contributed by atoms with Gasteiger partial charge in [0.15, 0.2) is 5.96 Å². The van der Waals surface area contributed by atoms with Crippen molar-refractivity contribution in [3.8, 4) is 0 Å². The van der Waals surface area contributed by atoms with E-state index < -0.39 is 0 Å². The molecule has 0 radical (unpaired) electrons. The standard InChI is InChI=1S/C15H22N4/c1-16-15(19-12-8-9-12)17-10-13-7-6-11-4-2-3-5-14(11)18-13/h6-7,12H,2-5,8-10H2,1H3,(H2,16,17,19). The SMILES string of the molecule is CN=C(NCc1ccc2c(n1)CCCC2)NC1CC1. The van der Waals surface area contributed by atoms with Gasteiger partial charge >= 0.3 is 0 Å². The molecule has 1 aromatic rings. The van der Waals surface area contributed by atoms with Crippen molar-refractivity contribution < 1.29 is 0 Å². The fourth-order valence-corrected chi connectivity index (χ4v) is 2.52. The van der Waals surface area contributed by atoms with E-state index >= 15 is 0 Å². The normalized spacial score (nSPS) is 18.9. The van der Waals surface area contributed by atoms with Crippen LogP contribution in [0.4, 0.5) is 0 Å². The Kier molecular flexibility index (Phi) is 3.67. The summed E-state index contributed by atoms with van der Waals surface area (Å²) in [5.41, 5.74) is 3.85. The molecule has 0 bridgehead atoms. The van der Waals surface area contributed by atoms with E-state index in [9.17, 15) is 0 Å². The highest BCUT2D eigenvalue weighted by Gasteiger charge is 2.22. The zero-order chi connectivity index (χ0) is 13.1. The zero-order valence-corrected chi connectivity index (χ0v) is 11.6. The molecule has 1 heterocycles. The monoisotopic (exact) mass is 258 g/mol. The van der Waals surface area contributed by atoms with Crippen LogP contribution in [0.25, 0.3) is 0 Å². The van der Waals surface area contributed by atoms with Gasteiger partial charge < -0.3 is 10.6 Å². The second-order valence-electron chi connectivity index (χ2n) is 5.46. The van der Waals surface area contributed by atoms with Crippen LogP contribution in [0.1, 0.15) is 42.6 Å². The van der Waals surface area contributed by atoms with Crippen molar-refractivity contribution >= 4 is 5.96 Å². The molecule has 4 heteroatoms. The number of pyridine rings is 1. The summed E-state index contributed by atoms with van der Waals surface area (Å²) in [5, 5.41) is 6.72. The Morgan fingerprint density at radius 3 is 2.95 bits per heavy atom. The number of nitrogens with one attached hydrogen (secondary N) is 2. The molecule has 0 aromatic carbocycles. The van der Waals surface area contributed by atoms with Crippen molar-refractivity contribution in [3.05, 3.63) is 29.1 Å². The molecule has 0 atom stereocenters. The summed E-state index contributed by atoms with van der Waals surface area (Å²) in [7, 11) is 1.82. The van der Waals surface area contributed by atoms with E-state index in [4.69, 9.17) is 4.98 Å². The lowest BCUT2D eigenvalue weighted by atomic mass is 9.96. The van der Waals surface area contributed by atoms with Crippen LogP contribution < -0.4 is 10.6 Å². The molecule has 19 heavy (non-hydrogen) atoms. The van der Waals surface area contributed by atoms with Gasteiger partial charge in [-0.15, -0.1) is 0 Å². The Bertz CT molecular complexity index is 477. The summed E-state index contributed by atoms with van der Waals surface area (Å²) < 4.78 is 0. The highest BCUT2D eigenvalue weighted by atomic mass is 15.2. The summed E-state index contributed by atoms with van der Waals surface area (Å²) in [5.74, 6) is 0.891. The van der Waals surface area contributed by atoms with Crippen molar-refractivity contribution in [2.75, 3.05) is 7.05 Å². The fraction of sp³-hybridized carbons (Fsp3) is 0.600. The quantitative estimate of drug-likeness (QED) is 0.642. The summed E-state index contributed by atoms with van der Waals surface area (Å²) in [4.78, 5) is 9.01. The Labute approximate surface area is 114 Å². The summed E-state index contributed by atoms with van der Waals surface area (Å²) >= 11 is 0. The third-order valence-corrected chi connectivity index (χ3v) is 3.81. The first-order chi connectivity index (χ1) is 9.35. The maximum Gasteiger partial charge on any atom is 0.191 e. The molecule has 0 saturated heterocycles. The van der Waals surface area contributed by atoms with Crippen LogP contribution in [-0.4, -0.2) is 24.0 Å². The molecule has 0 amide bonds. The van der Waals surface area contributed by atoms with Crippen LogP contribution in [0, 0.1) is 0 Å². The maximum atomic E-state index is 4.77. The van der Waals surface area contributed by atoms with Gasteiger partial charge in [-0.1, -0.05) is 6.07 Å².